The molecule has 1 aromatic carbocycles. The van der Waals surface area contributed by atoms with Gasteiger partial charge in [-0.3, -0.25) is 0 Å². The predicted octanol–water partition coefficient (Wildman–Crippen LogP) is 4.49. The summed E-state index contributed by atoms with van der Waals surface area (Å²) in [6.45, 7) is 6.66. The number of hydrogen-bond donors (Lipinski definition) is 1. The van der Waals surface area contributed by atoms with E-state index in [9.17, 15) is 8.78 Å². The van der Waals surface area contributed by atoms with Gasteiger partial charge >= 0.3 is 0 Å². The lowest BCUT2D eigenvalue weighted by atomic mass is 10.1. The fourth-order valence-electron chi connectivity index (χ4n) is 1.95. The molecule has 4 heteroatoms. The average molecular weight is 281 g/mol. The van der Waals surface area contributed by atoms with Crippen molar-refractivity contribution in [1.29, 1.82) is 0 Å². The Labute approximate surface area is 116 Å². The zero-order valence-corrected chi connectivity index (χ0v) is 12.1. The first-order valence-corrected chi connectivity index (χ1v) is 7.03. The highest BCUT2D eigenvalue weighted by Crippen LogP contribution is 2.22. The molecule has 0 saturated heterocycles. The molecule has 1 heterocycles. The van der Waals surface area contributed by atoms with Gasteiger partial charge in [0, 0.05) is 27.9 Å². The van der Waals surface area contributed by atoms with E-state index in [1.807, 2.05) is 6.92 Å². The van der Waals surface area contributed by atoms with Crippen molar-refractivity contribution in [3.63, 3.8) is 0 Å². The maximum atomic E-state index is 13.6. The highest BCUT2D eigenvalue weighted by atomic mass is 32.1. The summed E-state index contributed by atoms with van der Waals surface area (Å²) < 4.78 is 26.7. The van der Waals surface area contributed by atoms with Crippen LogP contribution in [-0.2, 0) is 6.54 Å². The van der Waals surface area contributed by atoms with Crippen molar-refractivity contribution in [2.45, 2.75) is 33.4 Å². The Morgan fingerprint density at radius 1 is 1.21 bits per heavy atom. The lowest BCUT2D eigenvalue weighted by molar-refractivity contribution is 0.520. The number of halogens is 2. The summed E-state index contributed by atoms with van der Waals surface area (Å²) in [6.07, 6.45) is 0. The van der Waals surface area contributed by atoms with Crippen LogP contribution in [-0.4, -0.2) is 0 Å². The lowest BCUT2D eigenvalue weighted by Crippen LogP contribution is -2.18. The first kappa shape index (κ1) is 14.2. The van der Waals surface area contributed by atoms with Gasteiger partial charge in [0.05, 0.1) is 0 Å². The fraction of sp³-hybridized carbons (Fsp3) is 0.333. The van der Waals surface area contributed by atoms with E-state index >= 15 is 0 Å². The molecule has 1 N–H and O–H groups in total. The molecule has 0 radical (unpaired) electrons. The van der Waals surface area contributed by atoms with Gasteiger partial charge in [0.25, 0.3) is 0 Å². The number of nitrogens with one attached hydrogen (secondary N) is 1. The van der Waals surface area contributed by atoms with Crippen LogP contribution in [0.1, 0.15) is 33.8 Å². The summed E-state index contributed by atoms with van der Waals surface area (Å²) in [6, 6.07) is 5.46. The minimum atomic E-state index is -0.409. The lowest BCUT2D eigenvalue weighted by Gasteiger charge is -2.14. The molecule has 1 unspecified atom stereocenters. The molecule has 1 atom stereocenters. The van der Waals surface area contributed by atoms with Crippen LogP contribution in [0.2, 0.25) is 0 Å². The van der Waals surface area contributed by atoms with Crippen molar-refractivity contribution >= 4 is 11.3 Å². The van der Waals surface area contributed by atoms with Gasteiger partial charge < -0.3 is 5.32 Å². The van der Waals surface area contributed by atoms with Gasteiger partial charge in [0.15, 0.2) is 0 Å². The number of aryl methyl sites for hydroxylation is 2. The minimum absolute atomic E-state index is 0.224. The minimum Gasteiger partial charge on any atom is -0.305 e. The molecule has 0 amide bonds. The third-order valence-electron chi connectivity index (χ3n) is 3.22. The van der Waals surface area contributed by atoms with E-state index in [4.69, 9.17) is 0 Å². The normalized spacial score (nSPS) is 12.7. The molecule has 19 heavy (non-hydrogen) atoms. The highest BCUT2D eigenvalue weighted by Gasteiger charge is 2.12. The molecule has 0 aliphatic heterocycles. The quantitative estimate of drug-likeness (QED) is 0.870. The SMILES string of the molecule is Cc1cc(CNC(C)c2cc(F)ccc2F)sc1C. The van der Waals surface area contributed by atoms with Crippen LogP contribution >= 0.6 is 11.3 Å². The van der Waals surface area contributed by atoms with Crippen LogP contribution in [0.25, 0.3) is 0 Å². The van der Waals surface area contributed by atoms with Gasteiger partial charge in [-0.25, -0.2) is 8.78 Å². The van der Waals surface area contributed by atoms with Crippen LogP contribution in [0.5, 0.6) is 0 Å². The molecular formula is C15H17F2NS. The van der Waals surface area contributed by atoms with E-state index in [0.717, 1.165) is 6.07 Å². The second-order valence-electron chi connectivity index (χ2n) is 4.72. The van der Waals surface area contributed by atoms with Gasteiger partial charge in [-0.15, -0.1) is 11.3 Å². The number of thiophene rings is 1. The largest absolute Gasteiger partial charge is 0.305 e. The molecule has 0 saturated carbocycles. The molecular weight excluding hydrogens is 264 g/mol. The van der Waals surface area contributed by atoms with Crippen LogP contribution in [0.3, 0.4) is 0 Å². The van der Waals surface area contributed by atoms with Crippen molar-refractivity contribution in [3.8, 4) is 0 Å². The van der Waals surface area contributed by atoms with Gasteiger partial charge in [0.1, 0.15) is 11.6 Å². The van der Waals surface area contributed by atoms with Crippen LogP contribution in [0.4, 0.5) is 8.78 Å². The third kappa shape index (κ3) is 3.39. The number of rotatable bonds is 4. The van der Waals surface area contributed by atoms with Crippen molar-refractivity contribution in [2.75, 3.05) is 0 Å². The monoisotopic (exact) mass is 281 g/mol. The van der Waals surface area contributed by atoms with Crippen molar-refractivity contribution in [1.82, 2.24) is 5.32 Å². The first-order valence-electron chi connectivity index (χ1n) is 6.21. The third-order valence-corrected chi connectivity index (χ3v) is 4.38. The predicted molar refractivity (Wildman–Crippen MR) is 75.4 cm³/mol. The van der Waals surface area contributed by atoms with Crippen LogP contribution in [0.15, 0.2) is 24.3 Å². The van der Waals surface area contributed by atoms with Crippen LogP contribution < -0.4 is 5.32 Å². The Bertz CT molecular complexity index is 558. The maximum Gasteiger partial charge on any atom is 0.128 e. The highest BCUT2D eigenvalue weighted by molar-refractivity contribution is 7.12. The standard InChI is InChI=1S/C15H17F2NS/c1-9-6-13(19-11(9)3)8-18-10(2)14-7-12(16)4-5-15(14)17/h4-7,10,18H,8H2,1-3H3. The zero-order valence-electron chi connectivity index (χ0n) is 11.3. The molecule has 2 rings (SSSR count). The average Bonchev–Trinajstić information content (AvgIpc) is 2.69. The fourth-order valence-corrected chi connectivity index (χ4v) is 2.95. The number of benzene rings is 1. The Balaban J connectivity index is 2.04. The van der Waals surface area contributed by atoms with Crippen molar-refractivity contribution < 1.29 is 8.78 Å². The van der Waals surface area contributed by atoms with Gasteiger partial charge in [-0.05, 0) is 50.6 Å². The Morgan fingerprint density at radius 3 is 2.58 bits per heavy atom. The summed E-state index contributed by atoms with van der Waals surface area (Å²) in [7, 11) is 0. The molecule has 1 aromatic heterocycles. The molecule has 2 aromatic rings. The molecule has 0 bridgehead atoms. The molecule has 0 aliphatic rings. The summed E-state index contributed by atoms with van der Waals surface area (Å²) in [5.74, 6) is -0.784. The van der Waals surface area contributed by atoms with E-state index < -0.39 is 5.82 Å². The van der Waals surface area contributed by atoms with Gasteiger partial charge in [0.2, 0.25) is 0 Å². The Morgan fingerprint density at radius 2 is 1.95 bits per heavy atom. The molecule has 1 nitrogen and oxygen atoms in total. The van der Waals surface area contributed by atoms with Gasteiger partial charge in [-0.2, -0.15) is 0 Å². The second-order valence-corrected chi connectivity index (χ2v) is 6.06. The first-order chi connectivity index (χ1) is 8.97. The summed E-state index contributed by atoms with van der Waals surface area (Å²) in [5.41, 5.74) is 1.64. The van der Waals surface area contributed by atoms with E-state index in [-0.39, 0.29) is 11.9 Å². The maximum absolute atomic E-state index is 13.6. The van der Waals surface area contributed by atoms with Crippen molar-refractivity contribution in [2.24, 2.45) is 0 Å². The molecule has 102 valence electrons. The summed E-state index contributed by atoms with van der Waals surface area (Å²) in [5, 5.41) is 3.23. The molecule has 0 spiro atoms. The Kier molecular flexibility index (Phi) is 4.32. The molecule has 0 fully saturated rings. The van der Waals surface area contributed by atoms with Crippen molar-refractivity contribution in [3.05, 3.63) is 56.8 Å². The van der Waals surface area contributed by atoms with E-state index in [2.05, 4.69) is 25.2 Å². The van der Waals surface area contributed by atoms with Crippen LogP contribution in [0, 0.1) is 25.5 Å². The second kappa shape index (κ2) is 5.80. The molecule has 0 aliphatic carbocycles. The topological polar surface area (TPSA) is 12.0 Å². The zero-order chi connectivity index (χ0) is 14.0. The smallest absolute Gasteiger partial charge is 0.128 e. The van der Waals surface area contributed by atoms with E-state index in [1.165, 1.54) is 27.5 Å². The number of hydrogen-bond acceptors (Lipinski definition) is 2. The van der Waals surface area contributed by atoms with E-state index in [1.54, 1.807) is 11.3 Å². The summed E-state index contributed by atoms with van der Waals surface area (Å²) in [4.78, 5) is 2.50. The Hall–Kier alpha value is -1.26. The van der Waals surface area contributed by atoms with E-state index in [0.29, 0.717) is 12.1 Å². The van der Waals surface area contributed by atoms with Gasteiger partial charge in [-0.1, -0.05) is 0 Å². The summed E-state index contributed by atoms with van der Waals surface area (Å²) >= 11 is 1.73.